The van der Waals surface area contributed by atoms with Crippen LogP contribution in [0.4, 0.5) is 4.79 Å². The van der Waals surface area contributed by atoms with Gasteiger partial charge in [-0.3, -0.25) is 19.9 Å². The molecule has 2 saturated heterocycles. The molecule has 8 heteroatoms. The lowest BCUT2D eigenvalue weighted by molar-refractivity contribution is -0.139. The van der Waals surface area contributed by atoms with Gasteiger partial charge in [-0.25, -0.2) is 4.79 Å². The fourth-order valence-corrected chi connectivity index (χ4v) is 3.29. The van der Waals surface area contributed by atoms with Crippen LogP contribution in [0.2, 0.25) is 0 Å². The van der Waals surface area contributed by atoms with E-state index in [1.165, 1.54) is 0 Å². The number of imide groups is 1. The number of H-pyrrole nitrogens is 1. The Bertz CT molecular complexity index is 644. The zero-order valence-corrected chi connectivity index (χ0v) is 14.0. The number of aromatic nitrogens is 1. The Balaban J connectivity index is 1.62. The number of rotatable bonds is 5. The number of urea groups is 1. The summed E-state index contributed by atoms with van der Waals surface area (Å²) < 4.78 is 0. The van der Waals surface area contributed by atoms with E-state index in [2.05, 4.69) is 20.6 Å². The summed E-state index contributed by atoms with van der Waals surface area (Å²) in [6, 6.07) is 3.52. The number of carbonyl (C=O) groups is 3. The van der Waals surface area contributed by atoms with Crippen LogP contribution >= 0.6 is 0 Å². The second-order valence-corrected chi connectivity index (χ2v) is 6.55. The summed E-state index contributed by atoms with van der Waals surface area (Å²) in [6.45, 7) is 4.42. The molecule has 0 aromatic carbocycles. The number of carbonyl (C=O) groups excluding carboxylic acids is 3. The van der Waals surface area contributed by atoms with Crippen LogP contribution in [-0.4, -0.2) is 51.4 Å². The summed E-state index contributed by atoms with van der Waals surface area (Å²) in [5.74, 6) is -0.789. The number of hydrogen-bond donors (Lipinski definition) is 3. The average molecular weight is 333 g/mol. The number of aromatic amines is 1. The van der Waals surface area contributed by atoms with Crippen molar-refractivity contribution in [2.45, 2.75) is 44.7 Å². The first-order valence-electron chi connectivity index (χ1n) is 8.28. The molecular formula is C16H23N5O3. The first-order valence-corrected chi connectivity index (χ1v) is 8.28. The molecule has 3 heterocycles. The van der Waals surface area contributed by atoms with Gasteiger partial charge in [-0.15, -0.1) is 0 Å². The van der Waals surface area contributed by atoms with Crippen LogP contribution in [0.5, 0.6) is 0 Å². The van der Waals surface area contributed by atoms with Gasteiger partial charge < -0.3 is 10.3 Å². The lowest BCUT2D eigenvalue weighted by Gasteiger charge is -2.24. The molecular weight excluding hydrogens is 310 g/mol. The number of hydrazine groups is 1. The Morgan fingerprint density at radius 3 is 2.88 bits per heavy atom. The molecule has 3 N–H and O–H groups in total. The number of nitrogens with one attached hydrogen (secondary N) is 3. The third-order valence-corrected chi connectivity index (χ3v) is 4.90. The molecule has 1 aromatic heterocycles. The van der Waals surface area contributed by atoms with E-state index in [0.717, 1.165) is 30.1 Å². The van der Waals surface area contributed by atoms with Gasteiger partial charge in [0.15, 0.2) is 0 Å². The van der Waals surface area contributed by atoms with Crippen molar-refractivity contribution in [2.24, 2.45) is 0 Å². The van der Waals surface area contributed by atoms with Gasteiger partial charge in [-0.2, -0.15) is 5.01 Å². The SMILES string of the molecule is CC[C@]1(C)NC(=O)N(NC(=O)CN2CCC[C@H]2c2ccc[nH]2)C1=O. The number of hydrogen-bond acceptors (Lipinski definition) is 4. The zero-order valence-electron chi connectivity index (χ0n) is 14.0. The molecule has 8 nitrogen and oxygen atoms in total. The van der Waals surface area contributed by atoms with E-state index in [9.17, 15) is 14.4 Å². The van der Waals surface area contributed by atoms with E-state index < -0.39 is 17.5 Å². The van der Waals surface area contributed by atoms with Crippen LogP contribution in [0.3, 0.4) is 0 Å². The Hall–Kier alpha value is -2.35. The van der Waals surface area contributed by atoms with E-state index in [1.54, 1.807) is 6.92 Å². The smallest absolute Gasteiger partial charge is 0.344 e. The van der Waals surface area contributed by atoms with Gasteiger partial charge in [-0.1, -0.05) is 6.92 Å². The van der Waals surface area contributed by atoms with Gasteiger partial charge in [0.2, 0.25) is 0 Å². The van der Waals surface area contributed by atoms with E-state index in [0.29, 0.717) is 6.42 Å². The molecule has 4 amide bonds. The number of nitrogens with zero attached hydrogens (tertiary/aromatic N) is 2. The predicted molar refractivity (Wildman–Crippen MR) is 86.6 cm³/mol. The quantitative estimate of drug-likeness (QED) is 0.698. The molecule has 0 unspecified atom stereocenters. The van der Waals surface area contributed by atoms with Gasteiger partial charge in [0.1, 0.15) is 5.54 Å². The van der Waals surface area contributed by atoms with Crippen molar-refractivity contribution >= 4 is 17.8 Å². The minimum absolute atomic E-state index is 0.142. The van der Waals surface area contributed by atoms with Crippen LogP contribution in [0, 0.1) is 0 Å². The van der Waals surface area contributed by atoms with Gasteiger partial charge in [-0.05, 0) is 44.9 Å². The topological polar surface area (TPSA) is 97.5 Å². The summed E-state index contributed by atoms with van der Waals surface area (Å²) in [5, 5.41) is 3.41. The third-order valence-electron chi connectivity index (χ3n) is 4.90. The summed E-state index contributed by atoms with van der Waals surface area (Å²) >= 11 is 0. The second kappa shape index (κ2) is 6.27. The minimum atomic E-state index is -0.954. The molecule has 1 aromatic rings. The van der Waals surface area contributed by atoms with Crippen LogP contribution in [0.15, 0.2) is 18.3 Å². The lowest BCUT2D eigenvalue weighted by atomic mass is 10.00. The molecule has 0 spiro atoms. The Labute approximate surface area is 140 Å². The van der Waals surface area contributed by atoms with Gasteiger partial charge in [0.25, 0.3) is 11.8 Å². The Morgan fingerprint density at radius 1 is 1.46 bits per heavy atom. The maximum absolute atomic E-state index is 12.3. The molecule has 2 aliphatic rings. The highest BCUT2D eigenvalue weighted by atomic mass is 16.2. The van der Waals surface area contributed by atoms with Gasteiger partial charge >= 0.3 is 6.03 Å². The van der Waals surface area contributed by atoms with Crippen molar-refractivity contribution in [3.05, 3.63) is 24.0 Å². The summed E-state index contributed by atoms with van der Waals surface area (Å²) in [7, 11) is 0. The van der Waals surface area contributed by atoms with E-state index in [1.807, 2.05) is 25.3 Å². The normalized spacial score (nSPS) is 27.6. The zero-order chi connectivity index (χ0) is 17.3. The molecule has 0 radical (unpaired) electrons. The van der Waals surface area contributed by atoms with Crippen LogP contribution in [0.1, 0.15) is 44.8 Å². The number of likely N-dealkylation sites (tertiary alicyclic amines) is 1. The van der Waals surface area contributed by atoms with E-state index >= 15 is 0 Å². The lowest BCUT2D eigenvalue weighted by Crippen LogP contribution is -2.51. The molecule has 2 atom stereocenters. The Kier molecular flexibility index (Phi) is 4.31. The monoisotopic (exact) mass is 333 g/mol. The highest BCUT2D eigenvalue weighted by Gasteiger charge is 2.47. The van der Waals surface area contributed by atoms with Gasteiger partial charge in [0.05, 0.1) is 12.6 Å². The molecule has 0 saturated carbocycles. The van der Waals surface area contributed by atoms with Crippen molar-refractivity contribution in [3.63, 3.8) is 0 Å². The van der Waals surface area contributed by atoms with Gasteiger partial charge in [0, 0.05) is 11.9 Å². The molecule has 2 fully saturated rings. The molecule has 24 heavy (non-hydrogen) atoms. The highest BCUT2D eigenvalue weighted by Crippen LogP contribution is 2.30. The van der Waals surface area contributed by atoms with Crippen LogP contribution in [0.25, 0.3) is 0 Å². The van der Waals surface area contributed by atoms with Crippen molar-refractivity contribution in [1.29, 1.82) is 0 Å². The fourth-order valence-electron chi connectivity index (χ4n) is 3.29. The van der Waals surface area contributed by atoms with Crippen LogP contribution < -0.4 is 10.7 Å². The first-order chi connectivity index (χ1) is 11.4. The van der Waals surface area contributed by atoms with E-state index in [-0.39, 0.29) is 18.5 Å². The molecule has 0 bridgehead atoms. The van der Waals surface area contributed by atoms with Crippen LogP contribution in [-0.2, 0) is 9.59 Å². The standard InChI is InChI=1S/C16H23N5O3/c1-3-16(2)14(23)21(15(24)18-16)19-13(22)10-20-9-5-7-12(20)11-6-4-8-17-11/h4,6,8,12,17H,3,5,7,9-10H2,1-2H3,(H,18,24)(H,19,22)/t12-,16-/m0/s1. The summed E-state index contributed by atoms with van der Waals surface area (Å²) in [5.41, 5.74) is 2.57. The van der Waals surface area contributed by atoms with Crippen molar-refractivity contribution in [2.75, 3.05) is 13.1 Å². The molecule has 130 valence electrons. The highest BCUT2D eigenvalue weighted by molar-refractivity contribution is 6.07. The van der Waals surface area contributed by atoms with Crippen molar-refractivity contribution in [1.82, 2.24) is 25.6 Å². The molecule has 0 aliphatic carbocycles. The number of amides is 4. The average Bonchev–Trinajstić information content (AvgIpc) is 3.25. The maximum Gasteiger partial charge on any atom is 0.344 e. The minimum Gasteiger partial charge on any atom is -0.364 e. The first kappa shape index (κ1) is 16.5. The Morgan fingerprint density at radius 2 is 2.25 bits per heavy atom. The van der Waals surface area contributed by atoms with Crippen molar-refractivity contribution < 1.29 is 14.4 Å². The fraction of sp³-hybridized carbons (Fsp3) is 0.562. The predicted octanol–water partition coefficient (Wildman–Crippen LogP) is 0.903. The summed E-state index contributed by atoms with van der Waals surface area (Å²) in [6.07, 6.45) is 4.31. The molecule has 3 rings (SSSR count). The summed E-state index contributed by atoms with van der Waals surface area (Å²) in [4.78, 5) is 41.8. The van der Waals surface area contributed by atoms with E-state index in [4.69, 9.17) is 0 Å². The third kappa shape index (κ3) is 2.89. The van der Waals surface area contributed by atoms with Crippen molar-refractivity contribution in [3.8, 4) is 0 Å². The largest absolute Gasteiger partial charge is 0.364 e. The second-order valence-electron chi connectivity index (χ2n) is 6.55. The molecule has 2 aliphatic heterocycles. The maximum atomic E-state index is 12.3.